The van der Waals surface area contributed by atoms with E-state index in [0.717, 1.165) is 39.9 Å². The third-order valence-corrected chi connectivity index (χ3v) is 7.22. The summed E-state index contributed by atoms with van der Waals surface area (Å²) >= 11 is 1.39. The smallest absolute Gasteiger partial charge is 0.265 e. The molecule has 33 heavy (non-hydrogen) atoms. The Kier molecular flexibility index (Phi) is 5.88. The SMILES string of the molecule is Cc1nc(-c2cccnc2)sc1C(=O)N1CCCC(C(=O)Nc2cccc3ccccc23)C1. The maximum atomic E-state index is 13.3. The summed E-state index contributed by atoms with van der Waals surface area (Å²) in [5.41, 5.74) is 2.42. The van der Waals surface area contributed by atoms with Gasteiger partial charge in [-0.1, -0.05) is 36.4 Å². The summed E-state index contributed by atoms with van der Waals surface area (Å²) in [6, 6.07) is 17.7. The first kappa shape index (κ1) is 21.3. The Morgan fingerprint density at radius 2 is 1.94 bits per heavy atom. The number of carbonyl (C=O) groups excluding carboxylic acids is 2. The highest BCUT2D eigenvalue weighted by atomic mass is 32.1. The Morgan fingerprint density at radius 3 is 2.79 bits per heavy atom. The Hall–Kier alpha value is -3.58. The van der Waals surface area contributed by atoms with Crippen molar-refractivity contribution in [1.29, 1.82) is 0 Å². The number of amides is 2. The highest BCUT2D eigenvalue weighted by Crippen LogP contribution is 2.30. The first-order chi connectivity index (χ1) is 16.1. The van der Waals surface area contributed by atoms with E-state index in [-0.39, 0.29) is 17.7 Å². The van der Waals surface area contributed by atoms with Crippen LogP contribution in [0.3, 0.4) is 0 Å². The average Bonchev–Trinajstić information content (AvgIpc) is 3.26. The van der Waals surface area contributed by atoms with Gasteiger partial charge in [-0.3, -0.25) is 14.6 Å². The first-order valence-electron chi connectivity index (χ1n) is 11.1. The number of likely N-dealkylation sites (tertiary alicyclic amines) is 1. The van der Waals surface area contributed by atoms with Crippen molar-refractivity contribution < 1.29 is 9.59 Å². The molecule has 1 aliphatic heterocycles. The van der Waals surface area contributed by atoms with E-state index in [1.54, 1.807) is 17.3 Å². The molecule has 2 aromatic carbocycles. The number of aromatic nitrogens is 2. The lowest BCUT2D eigenvalue weighted by atomic mass is 9.96. The summed E-state index contributed by atoms with van der Waals surface area (Å²) in [5.74, 6) is -0.337. The largest absolute Gasteiger partial charge is 0.337 e. The van der Waals surface area contributed by atoms with Gasteiger partial charge in [0.05, 0.1) is 11.6 Å². The van der Waals surface area contributed by atoms with Crippen LogP contribution >= 0.6 is 11.3 Å². The van der Waals surface area contributed by atoms with Crippen molar-refractivity contribution in [2.75, 3.05) is 18.4 Å². The summed E-state index contributed by atoms with van der Waals surface area (Å²) in [5, 5.41) is 5.98. The number of anilines is 1. The predicted molar refractivity (Wildman–Crippen MR) is 131 cm³/mol. The van der Waals surface area contributed by atoms with Gasteiger partial charge in [0, 0.05) is 42.1 Å². The second kappa shape index (κ2) is 9.11. The van der Waals surface area contributed by atoms with Crippen LogP contribution in [0.2, 0.25) is 0 Å². The molecule has 1 atom stereocenters. The van der Waals surface area contributed by atoms with E-state index in [0.29, 0.717) is 23.7 Å². The Bertz CT molecular complexity index is 1310. The second-order valence-electron chi connectivity index (χ2n) is 8.28. The van der Waals surface area contributed by atoms with Gasteiger partial charge >= 0.3 is 0 Å². The number of nitrogens with one attached hydrogen (secondary N) is 1. The van der Waals surface area contributed by atoms with E-state index in [1.807, 2.05) is 61.5 Å². The lowest BCUT2D eigenvalue weighted by molar-refractivity contribution is -0.121. The number of rotatable bonds is 4. The molecule has 1 unspecified atom stereocenters. The lowest BCUT2D eigenvalue weighted by Crippen LogP contribution is -2.43. The Balaban J connectivity index is 1.31. The third-order valence-electron chi connectivity index (χ3n) is 6.03. The molecule has 0 radical (unpaired) electrons. The predicted octanol–water partition coefficient (Wildman–Crippen LogP) is 5.16. The summed E-state index contributed by atoms with van der Waals surface area (Å²) in [6.45, 7) is 2.92. The summed E-state index contributed by atoms with van der Waals surface area (Å²) in [7, 11) is 0. The zero-order chi connectivity index (χ0) is 22.8. The fourth-order valence-corrected chi connectivity index (χ4v) is 5.32. The van der Waals surface area contributed by atoms with Crippen molar-refractivity contribution in [2.45, 2.75) is 19.8 Å². The number of hydrogen-bond donors (Lipinski definition) is 1. The molecule has 2 amide bonds. The average molecular weight is 457 g/mol. The van der Waals surface area contributed by atoms with Gasteiger partial charge in [-0.2, -0.15) is 0 Å². The van der Waals surface area contributed by atoms with Crippen molar-refractivity contribution >= 4 is 39.6 Å². The molecule has 1 N–H and O–H groups in total. The summed E-state index contributed by atoms with van der Waals surface area (Å²) in [4.78, 5) is 37.6. The van der Waals surface area contributed by atoms with Gasteiger partial charge < -0.3 is 10.2 Å². The molecule has 0 aliphatic carbocycles. The number of nitrogens with zero attached hydrogens (tertiary/aromatic N) is 3. The molecule has 0 bridgehead atoms. The monoisotopic (exact) mass is 456 g/mol. The molecule has 2 aromatic heterocycles. The van der Waals surface area contributed by atoms with Crippen LogP contribution < -0.4 is 5.32 Å². The van der Waals surface area contributed by atoms with E-state index in [4.69, 9.17) is 0 Å². The van der Waals surface area contributed by atoms with Crippen LogP contribution in [0.4, 0.5) is 5.69 Å². The first-order valence-corrected chi connectivity index (χ1v) is 11.9. The highest BCUT2D eigenvalue weighted by Gasteiger charge is 2.31. The van der Waals surface area contributed by atoms with Crippen LogP contribution in [0.1, 0.15) is 28.2 Å². The van der Waals surface area contributed by atoms with Gasteiger partial charge in [0.25, 0.3) is 5.91 Å². The number of carbonyl (C=O) groups is 2. The molecule has 1 saturated heterocycles. The van der Waals surface area contributed by atoms with Crippen molar-refractivity contribution in [1.82, 2.24) is 14.9 Å². The van der Waals surface area contributed by atoms with Crippen LogP contribution in [-0.4, -0.2) is 39.8 Å². The zero-order valence-corrected chi connectivity index (χ0v) is 19.1. The molecular weight excluding hydrogens is 432 g/mol. The molecule has 0 spiro atoms. The van der Waals surface area contributed by atoms with Crippen LogP contribution in [0.15, 0.2) is 67.0 Å². The number of fused-ring (bicyclic) bond motifs is 1. The number of hydrogen-bond acceptors (Lipinski definition) is 5. The number of benzene rings is 2. The second-order valence-corrected chi connectivity index (χ2v) is 9.28. The maximum Gasteiger partial charge on any atom is 0.265 e. The molecular formula is C26H24N4O2S. The summed E-state index contributed by atoms with van der Waals surface area (Å²) in [6.07, 6.45) is 5.03. The van der Waals surface area contributed by atoms with Crippen LogP contribution in [0.5, 0.6) is 0 Å². The van der Waals surface area contributed by atoms with Crippen molar-refractivity contribution in [3.05, 3.63) is 77.6 Å². The highest BCUT2D eigenvalue weighted by molar-refractivity contribution is 7.17. The standard InChI is InChI=1S/C26H24N4O2S/c1-17-23(33-25(28-17)19-9-5-13-27-15-19)26(32)30-14-6-10-20(16-30)24(31)29-22-12-4-8-18-7-2-3-11-21(18)22/h2-5,7-9,11-13,15,20H,6,10,14,16H2,1H3,(H,29,31). The zero-order valence-electron chi connectivity index (χ0n) is 18.3. The fourth-order valence-electron chi connectivity index (χ4n) is 4.30. The Labute approximate surface area is 196 Å². The number of aryl methyl sites for hydroxylation is 1. The minimum Gasteiger partial charge on any atom is -0.337 e. The van der Waals surface area contributed by atoms with Gasteiger partial charge in [0.15, 0.2) is 0 Å². The third kappa shape index (κ3) is 4.36. The molecule has 166 valence electrons. The fraction of sp³-hybridized carbons (Fsp3) is 0.231. The van der Waals surface area contributed by atoms with Gasteiger partial charge in [-0.05, 0) is 43.4 Å². The molecule has 0 saturated carbocycles. The van der Waals surface area contributed by atoms with Crippen LogP contribution in [0.25, 0.3) is 21.3 Å². The molecule has 7 heteroatoms. The Morgan fingerprint density at radius 1 is 1.09 bits per heavy atom. The van der Waals surface area contributed by atoms with Crippen molar-refractivity contribution in [2.24, 2.45) is 5.92 Å². The molecule has 4 aromatic rings. The maximum absolute atomic E-state index is 13.3. The van der Waals surface area contributed by atoms with E-state index >= 15 is 0 Å². The van der Waals surface area contributed by atoms with Crippen molar-refractivity contribution in [3.63, 3.8) is 0 Å². The van der Waals surface area contributed by atoms with Crippen molar-refractivity contribution in [3.8, 4) is 10.6 Å². The molecule has 6 nitrogen and oxygen atoms in total. The quantitative estimate of drug-likeness (QED) is 0.460. The van der Waals surface area contributed by atoms with E-state index in [9.17, 15) is 9.59 Å². The van der Waals surface area contributed by atoms with E-state index in [1.165, 1.54) is 11.3 Å². The number of thiazole rings is 1. The number of pyridine rings is 1. The summed E-state index contributed by atoms with van der Waals surface area (Å²) < 4.78 is 0. The van der Waals surface area contributed by atoms with Gasteiger partial charge in [-0.25, -0.2) is 4.98 Å². The molecule has 1 aliphatic rings. The molecule has 3 heterocycles. The van der Waals surface area contributed by atoms with Gasteiger partial charge in [0.1, 0.15) is 9.88 Å². The van der Waals surface area contributed by atoms with E-state index < -0.39 is 0 Å². The van der Waals surface area contributed by atoms with Gasteiger partial charge in [-0.15, -0.1) is 11.3 Å². The number of piperidine rings is 1. The normalized spacial score (nSPS) is 16.0. The molecule has 5 rings (SSSR count). The minimum atomic E-state index is -0.243. The van der Waals surface area contributed by atoms with Crippen LogP contribution in [0, 0.1) is 12.8 Å². The topological polar surface area (TPSA) is 75.2 Å². The lowest BCUT2D eigenvalue weighted by Gasteiger charge is -2.32. The minimum absolute atomic E-state index is 0.0408. The van der Waals surface area contributed by atoms with Gasteiger partial charge in [0.2, 0.25) is 5.91 Å². The molecule has 1 fully saturated rings. The van der Waals surface area contributed by atoms with E-state index in [2.05, 4.69) is 15.3 Å². The van der Waals surface area contributed by atoms with Crippen LogP contribution in [-0.2, 0) is 4.79 Å².